The molecule has 0 amide bonds. The molecule has 1 aliphatic heterocycles. The molecule has 1 fully saturated rings. The molecule has 1 aromatic rings. The Hall–Kier alpha value is -0.300. The van der Waals surface area contributed by atoms with Gasteiger partial charge in [-0.05, 0) is 38.1 Å². The Morgan fingerprint density at radius 3 is 2.33 bits per heavy atom. The van der Waals surface area contributed by atoms with Crippen molar-refractivity contribution >= 4 is 49.9 Å². The quantitative estimate of drug-likeness (QED) is 0.784. The molecule has 0 spiro atoms. The summed E-state index contributed by atoms with van der Waals surface area (Å²) >= 11 is 12.3. The van der Waals surface area contributed by atoms with Crippen LogP contribution in [0, 0.1) is 0 Å². The van der Waals surface area contributed by atoms with Crippen molar-refractivity contribution in [2.45, 2.75) is 24.3 Å². The molecule has 7 heteroatoms. The van der Waals surface area contributed by atoms with E-state index >= 15 is 0 Å². The van der Waals surface area contributed by atoms with Gasteiger partial charge >= 0.3 is 0 Å². The van der Waals surface area contributed by atoms with Crippen molar-refractivity contribution in [3.05, 3.63) is 29.3 Å². The summed E-state index contributed by atoms with van der Waals surface area (Å²) in [6.45, 7) is 3.74. The summed E-state index contributed by atoms with van der Waals surface area (Å²) in [4.78, 5) is 0.213. The third-order valence-electron chi connectivity index (χ3n) is 2.62. The van der Waals surface area contributed by atoms with Crippen LogP contribution in [0.15, 0.2) is 29.2 Å². The van der Waals surface area contributed by atoms with Crippen molar-refractivity contribution in [2.75, 3.05) is 5.75 Å². The zero-order valence-corrected chi connectivity index (χ0v) is 13.1. The average Bonchev–Trinajstić information content (AvgIpc) is 2.53. The van der Waals surface area contributed by atoms with Gasteiger partial charge in [0.15, 0.2) is 4.32 Å². The maximum Gasteiger partial charge on any atom is 0.265 e. The van der Waals surface area contributed by atoms with Crippen LogP contribution in [-0.4, -0.2) is 28.3 Å². The fourth-order valence-corrected chi connectivity index (χ4v) is 5.69. The number of nitrogens with zero attached hydrogens (tertiary/aromatic N) is 1. The summed E-state index contributed by atoms with van der Waals surface area (Å²) in [5.41, 5.74) is -0.500. The molecule has 0 atom stereocenters. The van der Waals surface area contributed by atoms with Gasteiger partial charge in [-0.3, -0.25) is 0 Å². The number of thiocarbonyl (C=S) groups is 1. The van der Waals surface area contributed by atoms with E-state index in [1.807, 2.05) is 13.8 Å². The summed E-state index contributed by atoms with van der Waals surface area (Å²) < 4.78 is 26.8. The van der Waals surface area contributed by atoms with E-state index in [4.69, 9.17) is 23.8 Å². The minimum atomic E-state index is -3.60. The number of rotatable bonds is 2. The zero-order chi connectivity index (χ0) is 13.6. The largest absolute Gasteiger partial charge is 0.265 e. The van der Waals surface area contributed by atoms with Gasteiger partial charge in [0.05, 0.1) is 10.4 Å². The number of sulfonamides is 1. The SMILES string of the molecule is CC1(C)CSC(=S)N1S(=O)(=O)c1ccc(Cl)cc1. The van der Waals surface area contributed by atoms with Gasteiger partial charge in [0, 0.05) is 10.8 Å². The third kappa shape index (κ3) is 2.39. The molecule has 1 heterocycles. The van der Waals surface area contributed by atoms with Crippen molar-refractivity contribution in [3.63, 3.8) is 0 Å². The van der Waals surface area contributed by atoms with E-state index in [9.17, 15) is 8.42 Å². The van der Waals surface area contributed by atoms with Gasteiger partial charge in [-0.1, -0.05) is 35.6 Å². The molecule has 1 aliphatic rings. The van der Waals surface area contributed by atoms with Gasteiger partial charge in [-0.15, -0.1) is 0 Å². The first-order chi connectivity index (χ1) is 8.25. The molecular weight excluding hydrogens is 310 g/mol. The van der Waals surface area contributed by atoms with E-state index in [0.717, 1.165) is 0 Å². The molecule has 3 nitrogen and oxygen atoms in total. The number of halogens is 1. The second-order valence-corrected chi connectivity index (χ2v) is 8.42. The minimum Gasteiger partial charge on any atom is -0.244 e. The standard InChI is InChI=1S/C11H12ClNO2S3/c1-11(2)7-17-10(16)13(11)18(14,15)9-5-3-8(12)4-6-9/h3-6H,7H2,1-2H3. The molecule has 1 saturated heterocycles. The fourth-order valence-electron chi connectivity index (χ4n) is 1.74. The van der Waals surface area contributed by atoms with Gasteiger partial charge in [0.2, 0.25) is 0 Å². The van der Waals surface area contributed by atoms with Crippen LogP contribution in [0.25, 0.3) is 0 Å². The van der Waals surface area contributed by atoms with Gasteiger partial charge in [-0.25, -0.2) is 12.7 Å². The van der Waals surface area contributed by atoms with Crippen LogP contribution in [0.1, 0.15) is 13.8 Å². The maximum absolute atomic E-state index is 12.6. The summed E-state index contributed by atoms with van der Waals surface area (Å²) in [6.07, 6.45) is 0. The van der Waals surface area contributed by atoms with E-state index in [1.54, 1.807) is 12.1 Å². The minimum absolute atomic E-state index is 0.213. The molecule has 1 aromatic carbocycles. The van der Waals surface area contributed by atoms with E-state index in [2.05, 4.69) is 0 Å². The third-order valence-corrected chi connectivity index (χ3v) is 6.94. The maximum atomic E-state index is 12.6. The van der Waals surface area contributed by atoms with E-state index in [0.29, 0.717) is 15.1 Å². The predicted molar refractivity (Wildman–Crippen MR) is 79.6 cm³/mol. The van der Waals surface area contributed by atoms with Crippen LogP contribution in [-0.2, 0) is 10.0 Å². The highest BCUT2D eigenvalue weighted by Gasteiger charge is 2.44. The first-order valence-electron chi connectivity index (χ1n) is 5.23. The number of hydrogen-bond acceptors (Lipinski definition) is 4. The van der Waals surface area contributed by atoms with Gasteiger partial charge < -0.3 is 0 Å². The van der Waals surface area contributed by atoms with Crippen LogP contribution >= 0.6 is 35.6 Å². The average molecular weight is 322 g/mol. The molecule has 0 unspecified atom stereocenters. The Morgan fingerprint density at radius 2 is 1.89 bits per heavy atom. The molecule has 0 saturated carbocycles. The number of hydrogen-bond donors (Lipinski definition) is 0. The lowest BCUT2D eigenvalue weighted by atomic mass is 10.1. The second kappa shape index (κ2) is 4.67. The number of benzene rings is 1. The van der Waals surface area contributed by atoms with Gasteiger partial charge in [-0.2, -0.15) is 0 Å². The fraction of sp³-hybridized carbons (Fsp3) is 0.364. The predicted octanol–water partition coefficient (Wildman–Crippen LogP) is 3.14. The van der Waals surface area contributed by atoms with Crippen LogP contribution in [0.4, 0.5) is 0 Å². The van der Waals surface area contributed by atoms with E-state index in [1.165, 1.54) is 28.2 Å². The first kappa shape index (κ1) is 14.1. The van der Waals surface area contributed by atoms with Crippen molar-refractivity contribution in [1.82, 2.24) is 4.31 Å². The molecule has 0 bridgehead atoms. The van der Waals surface area contributed by atoms with Crippen molar-refractivity contribution in [3.8, 4) is 0 Å². The molecule has 18 heavy (non-hydrogen) atoms. The van der Waals surface area contributed by atoms with Crippen LogP contribution in [0.5, 0.6) is 0 Å². The highest BCUT2D eigenvalue weighted by Crippen LogP contribution is 2.37. The van der Waals surface area contributed by atoms with Crippen LogP contribution < -0.4 is 0 Å². The first-order valence-corrected chi connectivity index (χ1v) is 8.44. The lowest BCUT2D eigenvalue weighted by molar-refractivity contribution is 0.371. The summed E-state index contributed by atoms with van der Waals surface area (Å²) in [6, 6.07) is 6.13. The smallest absolute Gasteiger partial charge is 0.244 e. The van der Waals surface area contributed by atoms with E-state index < -0.39 is 15.6 Å². The number of thioether (sulfide) groups is 1. The summed E-state index contributed by atoms with van der Waals surface area (Å²) in [5.74, 6) is 0.665. The Labute approximate surface area is 122 Å². The molecule has 0 aliphatic carbocycles. The Balaban J connectivity index is 2.49. The van der Waals surface area contributed by atoms with Crippen LogP contribution in [0.2, 0.25) is 5.02 Å². The molecule has 0 aromatic heterocycles. The molecule has 98 valence electrons. The Kier molecular flexibility index (Phi) is 3.66. The van der Waals surface area contributed by atoms with Crippen molar-refractivity contribution in [2.24, 2.45) is 0 Å². The lowest BCUT2D eigenvalue weighted by Crippen LogP contribution is -2.45. The van der Waals surface area contributed by atoms with E-state index in [-0.39, 0.29) is 4.90 Å². The molecule has 0 radical (unpaired) electrons. The van der Waals surface area contributed by atoms with Gasteiger partial charge in [0.25, 0.3) is 10.0 Å². The Bertz CT molecular complexity index is 581. The topological polar surface area (TPSA) is 37.4 Å². The Morgan fingerprint density at radius 1 is 1.33 bits per heavy atom. The summed E-state index contributed by atoms with van der Waals surface area (Å²) in [7, 11) is -3.60. The second-order valence-electron chi connectivity index (χ2n) is 4.59. The highest BCUT2D eigenvalue weighted by atomic mass is 35.5. The normalized spacial score (nSPS) is 19.3. The van der Waals surface area contributed by atoms with Crippen LogP contribution in [0.3, 0.4) is 0 Å². The molecule has 2 rings (SSSR count). The molecular formula is C11H12ClNO2S3. The van der Waals surface area contributed by atoms with Crippen molar-refractivity contribution in [1.29, 1.82) is 0 Å². The summed E-state index contributed by atoms with van der Waals surface area (Å²) in [5, 5.41) is 0.506. The monoisotopic (exact) mass is 321 g/mol. The van der Waals surface area contributed by atoms with Crippen molar-refractivity contribution < 1.29 is 8.42 Å². The highest BCUT2D eigenvalue weighted by molar-refractivity contribution is 8.24. The zero-order valence-electron chi connectivity index (χ0n) is 9.88. The molecule has 0 N–H and O–H groups in total. The lowest BCUT2D eigenvalue weighted by Gasteiger charge is -2.31. The van der Waals surface area contributed by atoms with Gasteiger partial charge in [0.1, 0.15) is 0 Å².